The molecule has 2 rings (SSSR count). The number of carbonyl (C=O) groups excluding carboxylic acids is 1. The summed E-state index contributed by atoms with van der Waals surface area (Å²) in [7, 11) is 0. The highest BCUT2D eigenvalue weighted by Crippen LogP contribution is 2.20. The second-order valence-corrected chi connectivity index (χ2v) is 4.12. The standard InChI is InChI=1S/C12H15FN2O/c13-10-5-2-1-4-9(10)8-15-7-3-6-11(15)12(14)16/h1-2,4-5,11H,3,6-8H2,(H2,14,16). The summed E-state index contributed by atoms with van der Waals surface area (Å²) >= 11 is 0. The molecule has 4 heteroatoms. The molecule has 86 valence electrons. The first kappa shape index (κ1) is 11.1. The Morgan fingerprint density at radius 3 is 2.94 bits per heavy atom. The van der Waals surface area contributed by atoms with Crippen LogP contribution in [0.3, 0.4) is 0 Å². The van der Waals surface area contributed by atoms with Crippen LogP contribution in [0.4, 0.5) is 4.39 Å². The van der Waals surface area contributed by atoms with Crippen LogP contribution in [0.5, 0.6) is 0 Å². The van der Waals surface area contributed by atoms with Gasteiger partial charge in [-0.1, -0.05) is 18.2 Å². The van der Waals surface area contributed by atoms with Crippen molar-refractivity contribution >= 4 is 5.91 Å². The van der Waals surface area contributed by atoms with Crippen molar-refractivity contribution in [3.05, 3.63) is 35.6 Å². The molecule has 1 amide bonds. The maximum absolute atomic E-state index is 13.4. The van der Waals surface area contributed by atoms with E-state index in [9.17, 15) is 9.18 Å². The van der Waals surface area contributed by atoms with Gasteiger partial charge in [0, 0.05) is 12.1 Å². The molecule has 1 heterocycles. The molecule has 1 aliphatic rings. The van der Waals surface area contributed by atoms with Gasteiger partial charge in [0.25, 0.3) is 0 Å². The van der Waals surface area contributed by atoms with Crippen molar-refractivity contribution in [1.29, 1.82) is 0 Å². The van der Waals surface area contributed by atoms with Gasteiger partial charge in [-0.3, -0.25) is 9.69 Å². The molecular weight excluding hydrogens is 207 g/mol. The van der Waals surface area contributed by atoms with Gasteiger partial charge in [-0.15, -0.1) is 0 Å². The van der Waals surface area contributed by atoms with Gasteiger partial charge in [0.2, 0.25) is 5.91 Å². The summed E-state index contributed by atoms with van der Waals surface area (Å²) in [5.74, 6) is -0.536. The maximum Gasteiger partial charge on any atom is 0.234 e. The summed E-state index contributed by atoms with van der Waals surface area (Å²) in [6.45, 7) is 1.27. The van der Waals surface area contributed by atoms with E-state index in [1.165, 1.54) is 6.07 Å². The molecule has 16 heavy (non-hydrogen) atoms. The number of nitrogens with two attached hydrogens (primary N) is 1. The Labute approximate surface area is 94.0 Å². The quantitative estimate of drug-likeness (QED) is 0.837. The van der Waals surface area contributed by atoms with Crippen LogP contribution >= 0.6 is 0 Å². The number of benzene rings is 1. The predicted molar refractivity (Wildman–Crippen MR) is 59.0 cm³/mol. The normalized spacial score (nSPS) is 21.2. The first-order chi connectivity index (χ1) is 7.68. The van der Waals surface area contributed by atoms with E-state index >= 15 is 0 Å². The second kappa shape index (κ2) is 4.61. The Balaban J connectivity index is 2.10. The van der Waals surface area contributed by atoms with E-state index in [0.29, 0.717) is 12.1 Å². The Hall–Kier alpha value is -1.42. The molecule has 1 atom stereocenters. The van der Waals surface area contributed by atoms with E-state index in [1.807, 2.05) is 4.90 Å². The minimum atomic E-state index is -0.311. The number of hydrogen-bond acceptors (Lipinski definition) is 2. The molecule has 0 spiro atoms. The zero-order valence-electron chi connectivity index (χ0n) is 9.03. The molecule has 0 aliphatic carbocycles. The SMILES string of the molecule is NC(=O)C1CCCN1Cc1ccccc1F. The van der Waals surface area contributed by atoms with Gasteiger partial charge in [-0.25, -0.2) is 4.39 Å². The van der Waals surface area contributed by atoms with Gasteiger partial charge >= 0.3 is 0 Å². The maximum atomic E-state index is 13.4. The lowest BCUT2D eigenvalue weighted by Gasteiger charge is -2.21. The second-order valence-electron chi connectivity index (χ2n) is 4.12. The molecule has 2 N–H and O–H groups in total. The Kier molecular flexibility index (Phi) is 3.19. The smallest absolute Gasteiger partial charge is 0.234 e. The third-order valence-electron chi connectivity index (χ3n) is 3.02. The molecule has 0 aromatic heterocycles. The Morgan fingerprint density at radius 2 is 2.25 bits per heavy atom. The van der Waals surface area contributed by atoms with E-state index < -0.39 is 0 Å². The van der Waals surface area contributed by atoms with Crippen LogP contribution in [-0.4, -0.2) is 23.4 Å². The van der Waals surface area contributed by atoms with Gasteiger partial charge in [0.05, 0.1) is 6.04 Å². The third kappa shape index (κ3) is 2.22. The van der Waals surface area contributed by atoms with Gasteiger partial charge < -0.3 is 5.73 Å². The largest absolute Gasteiger partial charge is 0.368 e. The fraction of sp³-hybridized carbons (Fsp3) is 0.417. The molecule has 0 bridgehead atoms. The molecule has 1 saturated heterocycles. The van der Waals surface area contributed by atoms with Gasteiger partial charge in [0.15, 0.2) is 0 Å². The van der Waals surface area contributed by atoms with Crippen molar-refractivity contribution < 1.29 is 9.18 Å². The zero-order valence-corrected chi connectivity index (χ0v) is 9.03. The van der Waals surface area contributed by atoms with Crippen molar-refractivity contribution in [2.75, 3.05) is 6.54 Å². The van der Waals surface area contributed by atoms with Crippen molar-refractivity contribution in [3.8, 4) is 0 Å². The van der Waals surface area contributed by atoms with Crippen LogP contribution in [0.2, 0.25) is 0 Å². The van der Waals surface area contributed by atoms with Crippen molar-refractivity contribution in [2.24, 2.45) is 5.73 Å². The van der Waals surface area contributed by atoms with Gasteiger partial charge in [-0.05, 0) is 25.5 Å². The Morgan fingerprint density at radius 1 is 1.50 bits per heavy atom. The van der Waals surface area contributed by atoms with E-state index in [1.54, 1.807) is 18.2 Å². The molecule has 3 nitrogen and oxygen atoms in total. The Bertz CT molecular complexity index is 394. The molecule has 1 aromatic carbocycles. The minimum absolute atomic E-state index is 0.224. The average Bonchev–Trinajstić information content (AvgIpc) is 2.69. The lowest BCUT2D eigenvalue weighted by Crippen LogP contribution is -2.39. The van der Waals surface area contributed by atoms with Crippen molar-refractivity contribution in [3.63, 3.8) is 0 Å². The van der Waals surface area contributed by atoms with E-state index in [4.69, 9.17) is 5.73 Å². The number of nitrogens with zero attached hydrogens (tertiary/aromatic N) is 1. The van der Waals surface area contributed by atoms with Crippen LogP contribution in [0.15, 0.2) is 24.3 Å². The molecule has 1 aromatic rings. The number of hydrogen-bond donors (Lipinski definition) is 1. The molecule has 0 radical (unpaired) electrons. The fourth-order valence-electron chi connectivity index (χ4n) is 2.18. The first-order valence-corrected chi connectivity index (χ1v) is 5.45. The topological polar surface area (TPSA) is 46.3 Å². The van der Waals surface area contributed by atoms with Crippen LogP contribution in [0.1, 0.15) is 18.4 Å². The molecule has 0 saturated carbocycles. The molecular formula is C12H15FN2O. The minimum Gasteiger partial charge on any atom is -0.368 e. The molecule has 1 aliphatic heterocycles. The number of carbonyl (C=O) groups is 1. The third-order valence-corrected chi connectivity index (χ3v) is 3.02. The van der Waals surface area contributed by atoms with E-state index in [0.717, 1.165) is 19.4 Å². The molecule has 1 fully saturated rings. The highest BCUT2D eigenvalue weighted by Gasteiger charge is 2.29. The average molecular weight is 222 g/mol. The van der Waals surface area contributed by atoms with Crippen LogP contribution in [-0.2, 0) is 11.3 Å². The summed E-state index contributed by atoms with van der Waals surface area (Å²) in [6.07, 6.45) is 1.73. The lowest BCUT2D eigenvalue weighted by atomic mass is 10.1. The summed E-state index contributed by atoms with van der Waals surface area (Å²) < 4.78 is 13.4. The predicted octanol–water partition coefficient (Wildman–Crippen LogP) is 1.28. The number of primary amides is 1. The fourth-order valence-corrected chi connectivity index (χ4v) is 2.18. The number of amides is 1. The number of likely N-dealkylation sites (tertiary alicyclic amines) is 1. The summed E-state index contributed by atoms with van der Waals surface area (Å²) in [4.78, 5) is 13.1. The summed E-state index contributed by atoms with van der Waals surface area (Å²) in [5, 5.41) is 0. The van der Waals surface area contributed by atoms with Crippen LogP contribution < -0.4 is 5.73 Å². The lowest BCUT2D eigenvalue weighted by molar-refractivity contribution is -0.122. The highest BCUT2D eigenvalue weighted by molar-refractivity contribution is 5.80. The van der Waals surface area contributed by atoms with Gasteiger partial charge in [-0.2, -0.15) is 0 Å². The highest BCUT2D eigenvalue weighted by atomic mass is 19.1. The van der Waals surface area contributed by atoms with Crippen LogP contribution in [0, 0.1) is 5.82 Å². The molecule has 1 unspecified atom stereocenters. The van der Waals surface area contributed by atoms with Crippen molar-refractivity contribution in [1.82, 2.24) is 4.90 Å². The monoisotopic (exact) mass is 222 g/mol. The zero-order chi connectivity index (χ0) is 11.5. The number of halogens is 1. The number of rotatable bonds is 3. The summed E-state index contributed by atoms with van der Waals surface area (Å²) in [5.41, 5.74) is 5.93. The van der Waals surface area contributed by atoms with E-state index in [-0.39, 0.29) is 17.8 Å². The van der Waals surface area contributed by atoms with Crippen LogP contribution in [0.25, 0.3) is 0 Å². The first-order valence-electron chi connectivity index (χ1n) is 5.45. The van der Waals surface area contributed by atoms with Gasteiger partial charge in [0.1, 0.15) is 5.82 Å². The van der Waals surface area contributed by atoms with Crippen molar-refractivity contribution in [2.45, 2.75) is 25.4 Å². The summed E-state index contributed by atoms with van der Waals surface area (Å²) in [6, 6.07) is 6.40. The van der Waals surface area contributed by atoms with E-state index in [2.05, 4.69) is 0 Å².